The van der Waals surface area contributed by atoms with Gasteiger partial charge in [-0.15, -0.1) is 0 Å². The van der Waals surface area contributed by atoms with E-state index in [1.54, 1.807) is 37.3 Å². The normalized spacial score (nSPS) is 13.7. The van der Waals surface area contributed by atoms with Gasteiger partial charge in [0.2, 0.25) is 5.91 Å². The second kappa shape index (κ2) is 8.47. The quantitative estimate of drug-likeness (QED) is 0.808. The second-order valence-corrected chi connectivity index (χ2v) is 6.29. The van der Waals surface area contributed by atoms with Gasteiger partial charge in [-0.3, -0.25) is 9.59 Å². The molecule has 1 aliphatic rings. The number of para-hydroxylation sites is 1. The number of hydrazone groups is 1. The number of nitrogens with zero attached hydrogens (tertiary/aromatic N) is 2. The van der Waals surface area contributed by atoms with Crippen molar-refractivity contribution in [1.29, 1.82) is 0 Å². The number of hydrogen-bond donors (Lipinski definition) is 1. The number of esters is 1. The van der Waals surface area contributed by atoms with Crippen molar-refractivity contribution < 1.29 is 19.1 Å². The van der Waals surface area contributed by atoms with E-state index in [-0.39, 0.29) is 30.4 Å². The molecule has 28 heavy (non-hydrogen) atoms. The first-order chi connectivity index (χ1) is 13.5. The highest BCUT2D eigenvalue weighted by Gasteiger charge is 2.26. The van der Waals surface area contributed by atoms with Crippen molar-refractivity contribution in [2.45, 2.75) is 26.7 Å². The number of nitrogens with one attached hydrogen (secondary N) is 1. The van der Waals surface area contributed by atoms with E-state index in [0.717, 1.165) is 5.56 Å². The van der Waals surface area contributed by atoms with Gasteiger partial charge in [0.1, 0.15) is 5.71 Å². The summed E-state index contributed by atoms with van der Waals surface area (Å²) in [4.78, 5) is 36.5. The average molecular weight is 379 g/mol. The maximum absolute atomic E-state index is 12.6. The van der Waals surface area contributed by atoms with Gasteiger partial charge >= 0.3 is 5.97 Å². The van der Waals surface area contributed by atoms with Crippen LogP contribution >= 0.6 is 0 Å². The highest BCUT2D eigenvalue weighted by molar-refractivity contribution is 6.44. The Hall–Kier alpha value is -3.48. The van der Waals surface area contributed by atoms with Crippen LogP contribution in [-0.2, 0) is 14.3 Å². The maximum atomic E-state index is 12.6. The van der Waals surface area contributed by atoms with Crippen molar-refractivity contribution in [2.75, 3.05) is 16.9 Å². The van der Waals surface area contributed by atoms with Gasteiger partial charge in [-0.05, 0) is 49.7 Å². The van der Waals surface area contributed by atoms with Gasteiger partial charge in [0.25, 0.3) is 5.91 Å². The summed E-state index contributed by atoms with van der Waals surface area (Å²) in [6.45, 7) is 3.92. The molecule has 0 radical (unpaired) electrons. The molecule has 0 spiro atoms. The van der Waals surface area contributed by atoms with Crippen LogP contribution in [0.3, 0.4) is 0 Å². The van der Waals surface area contributed by atoms with Gasteiger partial charge in [-0.25, -0.2) is 9.80 Å². The molecule has 0 saturated heterocycles. The Bertz CT molecular complexity index is 935. The van der Waals surface area contributed by atoms with E-state index >= 15 is 0 Å². The van der Waals surface area contributed by atoms with Crippen LogP contribution in [0.5, 0.6) is 0 Å². The third kappa shape index (κ3) is 4.25. The number of aryl methyl sites for hydroxylation is 1. The fourth-order valence-electron chi connectivity index (χ4n) is 2.81. The number of amides is 2. The number of anilines is 2. The molecule has 0 fully saturated rings. The number of benzene rings is 2. The first kappa shape index (κ1) is 19.3. The SMILES string of the molecule is CCOC(=O)c1ccc(NC(=O)C2=NN(c3ccccc3C)C(=O)CC2)cc1. The van der Waals surface area contributed by atoms with Crippen molar-refractivity contribution in [2.24, 2.45) is 5.10 Å². The molecule has 2 amide bonds. The summed E-state index contributed by atoms with van der Waals surface area (Å²) in [5, 5.41) is 8.32. The Morgan fingerprint density at radius 1 is 1.11 bits per heavy atom. The van der Waals surface area contributed by atoms with Crippen LogP contribution in [0.15, 0.2) is 53.6 Å². The van der Waals surface area contributed by atoms with Crippen LogP contribution in [0.25, 0.3) is 0 Å². The van der Waals surface area contributed by atoms with E-state index in [4.69, 9.17) is 4.74 Å². The Morgan fingerprint density at radius 2 is 1.82 bits per heavy atom. The third-order valence-corrected chi connectivity index (χ3v) is 4.29. The van der Waals surface area contributed by atoms with Crippen LogP contribution in [0.2, 0.25) is 0 Å². The van der Waals surface area contributed by atoms with E-state index in [2.05, 4.69) is 10.4 Å². The molecular weight excluding hydrogens is 358 g/mol. The van der Waals surface area contributed by atoms with Crippen molar-refractivity contribution in [3.63, 3.8) is 0 Å². The average Bonchev–Trinajstić information content (AvgIpc) is 2.69. The molecule has 1 aliphatic heterocycles. The summed E-state index contributed by atoms with van der Waals surface area (Å²) in [7, 11) is 0. The van der Waals surface area contributed by atoms with Gasteiger partial charge < -0.3 is 10.1 Å². The predicted octanol–water partition coefficient (Wildman–Crippen LogP) is 3.29. The maximum Gasteiger partial charge on any atom is 0.338 e. The first-order valence-corrected chi connectivity index (χ1v) is 9.04. The molecule has 2 aromatic rings. The molecule has 1 heterocycles. The lowest BCUT2D eigenvalue weighted by Crippen LogP contribution is -2.36. The molecule has 1 N–H and O–H groups in total. The van der Waals surface area contributed by atoms with Gasteiger partial charge in [-0.2, -0.15) is 5.10 Å². The molecule has 0 unspecified atom stereocenters. The Labute approximate surface area is 163 Å². The molecule has 144 valence electrons. The molecule has 0 atom stereocenters. The number of ether oxygens (including phenoxy) is 1. The van der Waals surface area contributed by atoms with Crippen molar-refractivity contribution in [3.05, 3.63) is 59.7 Å². The van der Waals surface area contributed by atoms with Crippen LogP contribution in [0.1, 0.15) is 35.7 Å². The zero-order valence-electron chi connectivity index (χ0n) is 15.8. The van der Waals surface area contributed by atoms with Gasteiger partial charge in [0.05, 0.1) is 17.9 Å². The summed E-state index contributed by atoms with van der Waals surface area (Å²) < 4.78 is 4.93. The zero-order valence-corrected chi connectivity index (χ0v) is 15.8. The van der Waals surface area contributed by atoms with Gasteiger partial charge in [-0.1, -0.05) is 18.2 Å². The fourth-order valence-corrected chi connectivity index (χ4v) is 2.81. The monoisotopic (exact) mass is 379 g/mol. The van der Waals surface area contributed by atoms with E-state index in [1.807, 2.05) is 25.1 Å². The largest absolute Gasteiger partial charge is 0.462 e. The third-order valence-electron chi connectivity index (χ3n) is 4.29. The molecule has 0 aromatic heterocycles. The summed E-state index contributed by atoms with van der Waals surface area (Å²) in [5.74, 6) is -0.941. The van der Waals surface area contributed by atoms with Crippen LogP contribution in [0, 0.1) is 6.92 Å². The minimum atomic E-state index is -0.413. The number of carbonyl (C=O) groups is 3. The van der Waals surface area contributed by atoms with E-state index in [9.17, 15) is 14.4 Å². The Morgan fingerprint density at radius 3 is 2.50 bits per heavy atom. The molecular formula is C21H21N3O4. The molecule has 3 rings (SSSR count). The Kier molecular flexibility index (Phi) is 5.84. The van der Waals surface area contributed by atoms with Crippen LogP contribution in [-0.4, -0.2) is 30.1 Å². The first-order valence-electron chi connectivity index (χ1n) is 9.04. The molecule has 7 heteroatoms. The zero-order chi connectivity index (χ0) is 20.1. The number of hydrogen-bond acceptors (Lipinski definition) is 5. The van der Waals surface area contributed by atoms with E-state index < -0.39 is 5.97 Å². The van der Waals surface area contributed by atoms with E-state index in [1.165, 1.54) is 5.01 Å². The van der Waals surface area contributed by atoms with E-state index in [0.29, 0.717) is 23.5 Å². The van der Waals surface area contributed by atoms with Crippen molar-refractivity contribution in [1.82, 2.24) is 0 Å². The number of rotatable bonds is 5. The summed E-state index contributed by atoms with van der Waals surface area (Å²) >= 11 is 0. The number of carbonyl (C=O) groups excluding carboxylic acids is 3. The highest BCUT2D eigenvalue weighted by Crippen LogP contribution is 2.24. The summed E-state index contributed by atoms with van der Waals surface area (Å²) in [5.41, 5.74) is 2.77. The molecule has 0 saturated carbocycles. The molecule has 7 nitrogen and oxygen atoms in total. The second-order valence-electron chi connectivity index (χ2n) is 6.29. The van der Waals surface area contributed by atoms with Crippen LogP contribution in [0.4, 0.5) is 11.4 Å². The topological polar surface area (TPSA) is 88.1 Å². The lowest BCUT2D eigenvalue weighted by Gasteiger charge is -2.24. The summed E-state index contributed by atoms with van der Waals surface area (Å²) in [6, 6.07) is 13.8. The highest BCUT2D eigenvalue weighted by atomic mass is 16.5. The Balaban J connectivity index is 1.75. The fraction of sp³-hybridized carbons (Fsp3) is 0.238. The molecule has 2 aromatic carbocycles. The summed E-state index contributed by atoms with van der Waals surface area (Å²) in [6.07, 6.45) is 0.482. The standard InChI is InChI=1S/C21H21N3O4/c1-3-28-21(27)15-8-10-16(11-9-15)22-20(26)17-12-13-19(25)24(23-17)18-7-5-4-6-14(18)2/h4-11H,3,12-13H2,1-2H3,(H,22,26). The predicted molar refractivity (Wildman–Crippen MR) is 106 cm³/mol. The minimum Gasteiger partial charge on any atom is -0.462 e. The molecule has 0 bridgehead atoms. The lowest BCUT2D eigenvalue weighted by atomic mass is 10.1. The van der Waals surface area contributed by atoms with Crippen molar-refractivity contribution >= 4 is 34.9 Å². The van der Waals surface area contributed by atoms with Crippen molar-refractivity contribution in [3.8, 4) is 0 Å². The van der Waals surface area contributed by atoms with Gasteiger partial charge in [0.15, 0.2) is 0 Å². The van der Waals surface area contributed by atoms with Crippen LogP contribution < -0.4 is 10.3 Å². The molecule has 0 aliphatic carbocycles. The smallest absolute Gasteiger partial charge is 0.338 e. The minimum absolute atomic E-state index is 0.148. The van der Waals surface area contributed by atoms with Gasteiger partial charge in [0, 0.05) is 18.5 Å². The lowest BCUT2D eigenvalue weighted by molar-refractivity contribution is -0.118.